The topological polar surface area (TPSA) is 61.4 Å². The maximum atomic E-state index is 13.9. The van der Waals surface area contributed by atoms with Crippen LogP contribution in [0.15, 0.2) is 40.3 Å². The summed E-state index contributed by atoms with van der Waals surface area (Å²) in [5.74, 6) is 2.62. The van der Waals surface area contributed by atoms with Gasteiger partial charge in [0, 0.05) is 17.1 Å². The van der Waals surface area contributed by atoms with Crippen molar-refractivity contribution in [3.63, 3.8) is 0 Å². The molecule has 0 amide bonds. The second-order valence-corrected chi connectivity index (χ2v) is 11.7. The maximum Gasteiger partial charge on any atom is 0.264 e. The molecule has 8 heteroatoms. The molecule has 0 fully saturated rings. The zero-order valence-electron chi connectivity index (χ0n) is 19.6. The molecule has 4 heterocycles. The highest BCUT2D eigenvalue weighted by Gasteiger charge is 2.29. The van der Waals surface area contributed by atoms with Gasteiger partial charge < -0.3 is 4.74 Å². The smallest absolute Gasteiger partial charge is 0.264 e. The summed E-state index contributed by atoms with van der Waals surface area (Å²) < 4.78 is 10.0. The molecule has 0 saturated heterocycles. The van der Waals surface area contributed by atoms with Crippen molar-refractivity contribution in [3.05, 3.63) is 56.7 Å². The second-order valence-electron chi connectivity index (χ2n) is 9.51. The Kier molecular flexibility index (Phi) is 6.33. The first kappa shape index (κ1) is 22.6. The van der Waals surface area contributed by atoms with E-state index in [4.69, 9.17) is 4.74 Å². The van der Waals surface area contributed by atoms with Gasteiger partial charge in [-0.1, -0.05) is 69.8 Å². The predicted octanol–water partition coefficient (Wildman–Crippen LogP) is 5.39. The second kappa shape index (κ2) is 9.24. The molecule has 0 saturated carbocycles. The Morgan fingerprint density at radius 2 is 1.97 bits per heavy atom. The highest BCUT2D eigenvalue weighted by atomic mass is 32.2. The monoisotopic (exact) mass is 482 g/mol. The highest BCUT2D eigenvalue weighted by Crippen LogP contribution is 2.37. The average Bonchev–Trinajstić information content (AvgIpc) is 3.38. The van der Waals surface area contributed by atoms with Crippen LogP contribution in [0, 0.1) is 11.8 Å². The summed E-state index contributed by atoms with van der Waals surface area (Å²) >= 11 is 3.38. The molecule has 0 spiro atoms. The standard InChI is InChI=1S/C25H30N4O2S2/c1-15(2)10-11-32-25-27-26-24-28(13-17-8-6-5-7-9-17)22(30)21-18-12-19(16(3)4)31-14-20(18)33-23(21)29(24)25/h5-9,15-16,19H,10-14H2,1-4H3/t19-/m0/s1. The van der Waals surface area contributed by atoms with Gasteiger partial charge in [0.25, 0.3) is 5.56 Å². The Balaban J connectivity index is 1.71. The number of hydrogen-bond acceptors (Lipinski definition) is 6. The van der Waals surface area contributed by atoms with E-state index in [0.29, 0.717) is 30.8 Å². The molecule has 0 bridgehead atoms. The van der Waals surface area contributed by atoms with Gasteiger partial charge in [-0.15, -0.1) is 21.5 Å². The van der Waals surface area contributed by atoms with Crippen LogP contribution < -0.4 is 5.56 Å². The number of aromatic nitrogens is 4. The molecule has 0 N–H and O–H groups in total. The summed E-state index contributed by atoms with van der Waals surface area (Å²) in [6.07, 6.45) is 2.02. The van der Waals surface area contributed by atoms with Crippen molar-refractivity contribution in [2.24, 2.45) is 11.8 Å². The summed E-state index contributed by atoms with van der Waals surface area (Å²) in [5.41, 5.74) is 2.25. The van der Waals surface area contributed by atoms with Crippen LogP contribution in [0.5, 0.6) is 0 Å². The van der Waals surface area contributed by atoms with E-state index in [0.717, 1.165) is 50.0 Å². The summed E-state index contributed by atoms with van der Waals surface area (Å²) in [6.45, 7) is 9.86. The molecule has 33 heavy (non-hydrogen) atoms. The van der Waals surface area contributed by atoms with Gasteiger partial charge >= 0.3 is 0 Å². The average molecular weight is 483 g/mol. The van der Waals surface area contributed by atoms with Gasteiger partial charge in [0.1, 0.15) is 4.83 Å². The van der Waals surface area contributed by atoms with E-state index < -0.39 is 0 Å². The summed E-state index contributed by atoms with van der Waals surface area (Å²) in [7, 11) is 0. The minimum Gasteiger partial charge on any atom is -0.372 e. The third-order valence-corrected chi connectivity index (χ3v) is 8.43. The van der Waals surface area contributed by atoms with Crippen LogP contribution in [0.1, 0.15) is 50.1 Å². The third kappa shape index (κ3) is 4.24. The fourth-order valence-corrected chi connectivity index (χ4v) is 6.78. The van der Waals surface area contributed by atoms with Gasteiger partial charge in [-0.3, -0.25) is 9.36 Å². The Bertz CT molecular complexity index is 1340. The number of nitrogens with zero attached hydrogens (tertiary/aromatic N) is 4. The molecule has 1 aliphatic heterocycles. The number of thiophene rings is 1. The highest BCUT2D eigenvalue weighted by molar-refractivity contribution is 7.99. The van der Waals surface area contributed by atoms with Gasteiger partial charge in [-0.05, 0) is 29.4 Å². The van der Waals surface area contributed by atoms with E-state index in [1.165, 1.54) is 0 Å². The van der Waals surface area contributed by atoms with Crippen molar-refractivity contribution >= 4 is 39.1 Å². The van der Waals surface area contributed by atoms with Crippen LogP contribution in [0.25, 0.3) is 16.0 Å². The van der Waals surface area contributed by atoms with E-state index in [1.54, 1.807) is 27.7 Å². The van der Waals surface area contributed by atoms with Crippen molar-refractivity contribution in [3.8, 4) is 0 Å². The maximum absolute atomic E-state index is 13.9. The molecule has 0 unspecified atom stereocenters. The molecular weight excluding hydrogens is 452 g/mol. The third-order valence-electron chi connectivity index (χ3n) is 6.28. The molecule has 6 nitrogen and oxygen atoms in total. The molecule has 4 aromatic rings. The number of rotatable bonds is 7. The van der Waals surface area contributed by atoms with Gasteiger partial charge in [0.05, 0.1) is 24.6 Å². The van der Waals surface area contributed by atoms with Crippen molar-refractivity contribution in [1.82, 2.24) is 19.2 Å². The Hall–Kier alpha value is -2.16. The predicted molar refractivity (Wildman–Crippen MR) is 135 cm³/mol. The number of benzene rings is 1. The first-order valence-corrected chi connectivity index (χ1v) is 13.4. The Morgan fingerprint density at radius 1 is 1.18 bits per heavy atom. The molecule has 0 radical (unpaired) electrons. The van der Waals surface area contributed by atoms with E-state index in [1.807, 2.05) is 30.3 Å². The first-order chi connectivity index (χ1) is 15.9. The van der Waals surface area contributed by atoms with E-state index >= 15 is 0 Å². The lowest BCUT2D eigenvalue weighted by molar-refractivity contribution is 0.00200. The lowest BCUT2D eigenvalue weighted by Crippen LogP contribution is -2.28. The van der Waals surface area contributed by atoms with Crippen LogP contribution in [0.3, 0.4) is 0 Å². The lowest BCUT2D eigenvalue weighted by atomic mass is 9.96. The van der Waals surface area contributed by atoms with Crippen LogP contribution in [-0.2, 0) is 24.3 Å². The minimum absolute atomic E-state index is 0.0226. The number of thioether (sulfide) groups is 1. The summed E-state index contributed by atoms with van der Waals surface area (Å²) in [6, 6.07) is 10.1. The molecule has 1 aromatic carbocycles. The van der Waals surface area contributed by atoms with Gasteiger partial charge in [-0.25, -0.2) is 4.40 Å². The SMILES string of the molecule is CC(C)CCSc1nnc2n(Cc3ccccc3)c(=O)c3c4c(sc3n12)CO[C@H](C(C)C)C4. The van der Waals surface area contributed by atoms with Gasteiger partial charge in [0.15, 0.2) is 5.16 Å². The first-order valence-electron chi connectivity index (χ1n) is 11.6. The fourth-order valence-electron chi connectivity index (χ4n) is 4.31. The van der Waals surface area contributed by atoms with Crippen molar-refractivity contribution in [2.75, 3.05) is 5.75 Å². The number of hydrogen-bond donors (Lipinski definition) is 0. The van der Waals surface area contributed by atoms with Crippen LogP contribution in [0.4, 0.5) is 0 Å². The van der Waals surface area contributed by atoms with E-state index in [-0.39, 0.29) is 11.7 Å². The Morgan fingerprint density at radius 3 is 2.70 bits per heavy atom. The number of ether oxygens (including phenoxy) is 1. The summed E-state index contributed by atoms with van der Waals surface area (Å²) in [5, 5.41) is 10.7. The van der Waals surface area contributed by atoms with Crippen LogP contribution in [0.2, 0.25) is 0 Å². The minimum atomic E-state index is 0.0226. The molecule has 0 aliphatic carbocycles. The van der Waals surface area contributed by atoms with E-state index in [9.17, 15) is 4.79 Å². The largest absolute Gasteiger partial charge is 0.372 e. The molecule has 1 aliphatic rings. The van der Waals surface area contributed by atoms with Crippen LogP contribution >= 0.6 is 23.1 Å². The quantitative estimate of drug-likeness (QED) is 0.331. The molecular formula is C25H30N4O2S2. The molecule has 3 aromatic heterocycles. The van der Waals surface area contributed by atoms with Crippen molar-refractivity contribution in [1.29, 1.82) is 0 Å². The normalized spacial score (nSPS) is 16.4. The van der Waals surface area contributed by atoms with Crippen LogP contribution in [-0.4, -0.2) is 31.0 Å². The van der Waals surface area contributed by atoms with E-state index in [2.05, 4.69) is 42.3 Å². The molecule has 174 valence electrons. The zero-order valence-corrected chi connectivity index (χ0v) is 21.2. The number of fused-ring (bicyclic) bond motifs is 5. The fraction of sp³-hybridized carbons (Fsp3) is 0.480. The lowest BCUT2D eigenvalue weighted by Gasteiger charge is -2.26. The zero-order chi connectivity index (χ0) is 23.1. The summed E-state index contributed by atoms with van der Waals surface area (Å²) in [4.78, 5) is 16.0. The molecule has 5 rings (SSSR count). The van der Waals surface area contributed by atoms with Gasteiger partial charge in [-0.2, -0.15) is 0 Å². The molecule has 1 atom stereocenters. The Labute approximate surface area is 202 Å². The van der Waals surface area contributed by atoms with Crippen molar-refractivity contribution in [2.45, 2.75) is 64.9 Å². The van der Waals surface area contributed by atoms with Crippen molar-refractivity contribution < 1.29 is 4.74 Å². The van der Waals surface area contributed by atoms with Gasteiger partial charge in [0.2, 0.25) is 5.78 Å².